The van der Waals surface area contributed by atoms with Gasteiger partial charge in [-0.25, -0.2) is 0 Å². The monoisotopic (exact) mass is 345 g/mol. The van der Waals surface area contributed by atoms with E-state index < -0.39 is 11.9 Å². The first-order chi connectivity index (χ1) is 12.1. The summed E-state index contributed by atoms with van der Waals surface area (Å²) in [7, 11) is 0. The Morgan fingerprint density at radius 1 is 1.08 bits per heavy atom. The van der Waals surface area contributed by atoms with Gasteiger partial charge in [0.25, 0.3) is 5.91 Å². The quantitative estimate of drug-likeness (QED) is 0.877. The van der Waals surface area contributed by atoms with Crippen LogP contribution in [0.25, 0.3) is 0 Å². The number of carbonyl (C=O) groups is 2. The first-order valence-electron chi connectivity index (χ1n) is 9.36. The first kappa shape index (κ1) is 17.9. The number of aliphatic carboxylic acids is 1. The van der Waals surface area contributed by atoms with Crippen molar-refractivity contribution in [3.8, 4) is 0 Å². The van der Waals surface area contributed by atoms with Crippen molar-refractivity contribution in [3.63, 3.8) is 0 Å². The van der Waals surface area contributed by atoms with E-state index in [0.717, 1.165) is 50.7 Å². The Bertz CT molecular complexity index is 609. The highest BCUT2D eigenvalue weighted by Crippen LogP contribution is 2.26. The molecule has 0 radical (unpaired) electrons. The average molecular weight is 345 g/mol. The van der Waals surface area contributed by atoms with Crippen molar-refractivity contribution in [1.82, 2.24) is 5.32 Å². The van der Waals surface area contributed by atoms with Crippen molar-refractivity contribution in [2.45, 2.75) is 56.9 Å². The van der Waals surface area contributed by atoms with E-state index in [1.54, 1.807) is 6.07 Å². The zero-order valence-corrected chi connectivity index (χ0v) is 14.6. The maximum atomic E-state index is 12.7. The summed E-state index contributed by atoms with van der Waals surface area (Å²) < 4.78 is 5.43. The molecule has 136 valence electrons. The number of ether oxygens (including phenoxy) is 1. The Morgan fingerprint density at radius 3 is 2.60 bits per heavy atom. The summed E-state index contributed by atoms with van der Waals surface area (Å²) in [6.45, 7) is 1.47. The van der Waals surface area contributed by atoms with Crippen LogP contribution in [0.2, 0.25) is 0 Å². The fraction of sp³-hybridized carbons (Fsp3) is 0.600. The molecule has 2 N–H and O–H groups in total. The molecule has 0 aromatic heterocycles. The second-order valence-corrected chi connectivity index (χ2v) is 7.20. The molecular formula is C20H27NO4. The maximum absolute atomic E-state index is 12.7. The molecule has 1 aromatic rings. The number of hydrogen-bond donors (Lipinski definition) is 2. The Hall–Kier alpha value is -1.88. The van der Waals surface area contributed by atoms with Gasteiger partial charge >= 0.3 is 5.97 Å². The molecule has 3 rings (SSSR count). The summed E-state index contributed by atoms with van der Waals surface area (Å²) in [5, 5.41) is 12.5. The molecule has 1 saturated carbocycles. The Morgan fingerprint density at radius 2 is 1.88 bits per heavy atom. The van der Waals surface area contributed by atoms with Gasteiger partial charge in [-0.05, 0) is 37.0 Å². The van der Waals surface area contributed by atoms with E-state index >= 15 is 0 Å². The van der Waals surface area contributed by atoms with Gasteiger partial charge in [-0.15, -0.1) is 0 Å². The van der Waals surface area contributed by atoms with Crippen molar-refractivity contribution < 1.29 is 19.4 Å². The van der Waals surface area contributed by atoms with E-state index in [2.05, 4.69) is 5.32 Å². The first-order valence-corrected chi connectivity index (χ1v) is 9.36. The Balaban J connectivity index is 1.71. The lowest BCUT2D eigenvalue weighted by Gasteiger charge is -2.27. The molecule has 1 saturated heterocycles. The van der Waals surface area contributed by atoms with E-state index in [9.17, 15) is 14.7 Å². The molecule has 1 aliphatic heterocycles. The number of benzene rings is 1. The predicted octanol–water partition coefficient (Wildman–Crippen LogP) is 3.34. The summed E-state index contributed by atoms with van der Waals surface area (Å²) >= 11 is 0. The molecule has 3 atom stereocenters. The summed E-state index contributed by atoms with van der Waals surface area (Å²) in [6, 6.07) is 7.37. The molecule has 1 aromatic carbocycles. The van der Waals surface area contributed by atoms with Gasteiger partial charge in [0.2, 0.25) is 0 Å². The lowest BCUT2D eigenvalue weighted by molar-refractivity contribution is -0.143. The molecule has 3 unspecified atom stereocenters. The van der Waals surface area contributed by atoms with Crippen molar-refractivity contribution in [2.24, 2.45) is 5.92 Å². The van der Waals surface area contributed by atoms with Crippen molar-refractivity contribution in [3.05, 3.63) is 35.4 Å². The third-order valence-corrected chi connectivity index (χ3v) is 5.45. The van der Waals surface area contributed by atoms with Crippen LogP contribution in [-0.2, 0) is 9.53 Å². The minimum absolute atomic E-state index is 0.169. The SMILES string of the molecule is O=C(NC1CCCCCCC1C(=O)O)c1cccc(C2CCOC2)c1. The average Bonchev–Trinajstić information content (AvgIpc) is 3.11. The maximum Gasteiger partial charge on any atom is 0.308 e. The van der Waals surface area contributed by atoms with Gasteiger partial charge < -0.3 is 15.2 Å². The van der Waals surface area contributed by atoms with Crippen LogP contribution in [0.3, 0.4) is 0 Å². The van der Waals surface area contributed by atoms with Crippen LogP contribution in [0.1, 0.15) is 66.8 Å². The van der Waals surface area contributed by atoms with E-state index in [4.69, 9.17) is 4.74 Å². The van der Waals surface area contributed by atoms with Gasteiger partial charge in [0, 0.05) is 24.1 Å². The number of amides is 1. The van der Waals surface area contributed by atoms with Gasteiger partial charge in [0.15, 0.2) is 0 Å². The van der Waals surface area contributed by atoms with Gasteiger partial charge in [0.05, 0.1) is 12.5 Å². The largest absolute Gasteiger partial charge is 0.481 e. The second-order valence-electron chi connectivity index (χ2n) is 7.20. The van der Waals surface area contributed by atoms with Crippen LogP contribution in [0.4, 0.5) is 0 Å². The van der Waals surface area contributed by atoms with Crippen molar-refractivity contribution in [2.75, 3.05) is 13.2 Å². The highest BCUT2D eigenvalue weighted by Gasteiger charge is 2.30. The van der Waals surface area contributed by atoms with Gasteiger partial charge in [-0.3, -0.25) is 9.59 Å². The summed E-state index contributed by atoms with van der Waals surface area (Å²) in [5.41, 5.74) is 1.73. The number of carboxylic acids is 1. The highest BCUT2D eigenvalue weighted by atomic mass is 16.5. The summed E-state index contributed by atoms with van der Waals surface area (Å²) in [6.07, 6.45) is 6.42. The third kappa shape index (κ3) is 4.60. The molecule has 0 bridgehead atoms. The van der Waals surface area contributed by atoms with Crippen LogP contribution in [-0.4, -0.2) is 36.2 Å². The molecule has 1 heterocycles. The molecule has 1 aliphatic carbocycles. The van der Waals surface area contributed by atoms with Crippen LogP contribution >= 0.6 is 0 Å². The van der Waals surface area contributed by atoms with E-state index in [0.29, 0.717) is 24.5 Å². The van der Waals surface area contributed by atoms with Crippen molar-refractivity contribution in [1.29, 1.82) is 0 Å². The molecule has 5 heteroatoms. The Kier molecular flexibility index (Phi) is 6.08. The molecule has 25 heavy (non-hydrogen) atoms. The fourth-order valence-electron chi connectivity index (χ4n) is 3.94. The predicted molar refractivity (Wildman–Crippen MR) is 94.7 cm³/mol. The standard InChI is InChI=1S/C20H27NO4/c22-19(15-7-5-6-14(12-15)16-10-11-25-13-16)21-18-9-4-2-1-3-8-17(18)20(23)24/h5-7,12,16-18H,1-4,8-11,13H2,(H,21,22)(H,23,24). The summed E-state index contributed by atoms with van der Waals surface area (Å²) in [4.78, 5) is 24.3. The highest BCUT2D eigenvalue weighted by molar-refractivity contribution is 5.94. The molecule has 1 amide bonds. The van der Waals surface area contributed by atoms with Crippen LogP contribution in [0.15, 0.2) is 24.3 Å². The number of hydrogen-bond acceptors (Lipinski definition) is 3. The molecule has 2 fully saturated rings. The zero-order chi connectivity index (χ0) is 17.6. The van der Waals surface area contributed by atoms with E-state index in [1.807, 2.05) is 18.2 Å². The number of carbonyl (C=O) groups excluding carboxylic acids is 1. The topological polar surface area (TPSA) is 75.6 Å². The smallest absolute Gasteiger partial charge is 0.308 e. The van der Waals surface area contributed by atoms with Gasteiger partial charge in [-0.1, -0.05) is 37.8 Å². The molecular weight excluding hydrogens is 318 g/mol. The summed E-state index contributed by atoms with van der Waals surface area (Å²) in [5.74, 6) is -1.11. The van der Waals surface area contributed by atoms with E-state index in [1.165, 1.54) is 0 Å². The van der Waals surface area contributed by atoms with Crippen LogP contribution < -0.4 is 5.32 Å². The third-order valence-electron chi connectivity index (χ3n) is 5.45. The number of rotatable bonds is 4. The number of carboxylic acid groups (broad SMARTS) is 1. The molecule has 5 nitrogen and oxygen atoms in total. The van der Waals surface area contributed by atoms with Crippen LogP contribution in [0, 0.1) is 5.92 Å². The minimum Gasteiger partial charge on any atom is -0.481 e. The van der Waals surface area contributed by atoms with E-state index in [-0.39, 0.29) is 11.9 Å². The van der Waals surface area contributed by atoms with Crippen molar-refractivity contribution >= 4 is 11.9 Å². The fourth-order valence-corrected chi connectivity index (χ4v) is 3.94. The van der Waals surface area contributed by atoms with Gasteiger partial charge in [0.1, 0.15) is 0 Å². The molecule has 2 aliphatic rings. The minimum atomic E-state index is -0.802. The second kappa shape index (κ2) is 8.48. The Labute approximate surface area is 148 Å². The lowest BCUT2D eigenvalue weighted by atomic mass is 9.86. The van der Waals surface area contributed by atoms with Gasteiger partial charge in [-0.2, -0.15) is 0 Å². The lowest BCUT2D eigenvalue weighted by Crippen LogP contribution is -2.44. The zero-order valence-electron chi connectivity index (χ0n) is 14.6. The molecule has 0 spiro atoms. The number of nitrogens with one attached hydrogen (secondary N) is 1. The normalized spacial score (nSPS) is 27.3. The van der Waals surface area contributed by atoms with Crippen LogP contribution in [0.5, 0.6) is 0 Å².